The van der Waals surface area contributed by atoms with E-state index >= 15 is 0 Å². The molecule has 3 aromatic rings. The van der Waals surface area contributed by atoms with Gasteiger partial charge in [0.15, 0.2) is 11.3 Å². The highest BCUT2D eigenvalue weighted by Crippen LogP contribution is 2.31. The third-order valence-corrected chi connectivity index (χ3v) is 6.90. The van der Waals surface area contributed by atoms with Gasteiger partial charge < -0.3 is 14.8 Å². The van der Waals surface area contributed by atoms with E-state index in [4.69, 9.17) is 4.74 Å². The summed E-state index contributed by atoms with van der Waals surface area (Å²) >= 11 is 0. The molecule has 10 nitrogen and oxygen atoms in total. The summed E-state index contributed by atoms with van der Waals surface area (Å²) in [6.45, 7) is 9.13. The van der Waals surface area contributed by atoms with Crippen LogP contribution in [0.5, 0.6) is 5.75 Å². The van der Waals surface area contributed by atoms with E-state index in [9.17, 15) is 18.3 Å². The summed E-state index contributed by atoms with van der Waals surface area (Å²) in [5, 5.41) is 13.9. The summed E-state index contributed by atoms with van der Waals surface area (Å²) in [5.41, 5.74) is 0.873. The molecule has 0 atom stereocenters. The lowest BCUT2D eigenvalue weighted by atomic mass is 10.2. The molecule has 0 radical (unpaired) electrons. The Morgan fingerprint density at radius 2 is 2.09 bits per heavy atom. The predicted octanol–water partition coefficient (Wildman–Crippen LogP) is 1.91. The van der Waals surface area contributed by atoms with Gasteiger partial charge in [-0.05, 0) is 38.5 Å². The van der Waals surface area contributed by atoms with Crippen LogP contribution < -0.4 is 10.3 Å². The molecule has 0 aliphatic heterocycles. The van der Waals surface area contributed by atoms with E-state index in [1.807, 2.05) is 6.92 Å². The number of rotatable bonds is 11. The van der Waals surface area contributed by atoms with Crippen LogP contribution in [0.15, 0.2) is 40.5 Å². The number of aliphatic hydroxyl groups excluding tert-OH is 1. The van der Waals surface area contributed by atoms with Gasteiger partial charge in [0.25, 0.3) is 5.56 Å². The number of aliphatic hydroxyl groups is 1. The number of fused-ring (bicyclic) bond motifs is 1. The highest BCUT2D eigenvalue weighted by atomic mass is 32.2. The predicted molar refractivity (Wildman–Crippen MR) is 125 cm³/mol. The molecular formula is C22H29N5O5S. The SMILES string of the molecule is C=CCN(CCO)S(=O)(=O)c1ccc(OCC)c(-c2nn3c(CCC)nc(C)c3c(=O)[nH]2)c1. The van der Waals surface area contributed by atoms with E-state index in [1.165, 1.54) is 28.8 Å². The van der Waals surface area contributed by atoms with Crippen LogP contribution in [0.4, 0.5) is 0 Å². The number of hydrogen-bond acceptors (Lipinski definition) is 7. The van der Waals surface area contributed by atoms with Crippen LogP contribution in [-0.2, 0) is 16.4 Å². The zero-order valence-corrected chi connectivity index (χ0v) is 19.9. The molecule has 0 unspecified atom stereocenters. The molecular weight excluding hydrogens is 446 g/mol. The van der Waals surface area contributed by atoms with E-state index in [0.29, 0.717) is 41.4 Å². The lowest BCUT2D eigenvalue weighted by Crippen LogP contribution is -2.33. The maximum Gasteiger partial charge on any atom is 0.277 e. The van der Waals surface area contributed by atoms with Crippen LogP contribution in [0.3, 0.4) is 0 Å². The Morgan fingerprint density at radius 3 is 2.73 bits per heavy atom. The van der Waals surface area contributed by atoms with Gasteiger partial charge in [-0.2, -0.15) is 4.31 Å². The quantitative estimate of drug-likeness (QED) is 0.405. The first-order valence-electron chi connectivity index (χ1n) is 10.8. The van der Waals surface area contributed by atoms with Crippen molar-refractivity contribution in [3.63, 3.8) is 0 Å². The Morgan fingerprint density at radius 1 is 1.33 bits per heavy atom. The molecule has 178 valence electrons. The molecule has 2 heterocycles. The maximum atomic E-state index is 13.2. The highest BCUT2D eigenvalue weighted by molar-refractivity contribution is 7.89. The number of nitrogens with zero attached hydrogens (tertiary/aromatic N) is 4. The Hall–Kier alpha value is -3.02. The van der Waals surface area contributed by atoms with Crippen molar-refractivity contribution in [1.82, 2.24) is 23.9 Å². The fourth-order valence-electron chi connectivity index (χ4n) is 3.59. The van der Waals surface area contributed by atoms with Gasteiger partial charge in [0.1, 0.15) is 11.6 Å². The first kappa shape index (κ1) is 24.6. The third kappa shape index (κ3) is 4.85. The Labute approximate surface area is 192 Å². The number of ether oxygens (including phenoxy) is 1. The first-order chi connectivity index (χ1) is 15.8. The van der Waals surface area contributed by atoms with Gasteiger partial charge in [0.05, 0.1) is 29.4 Å². The summed E-state index contributed by atoms with van der Waals surface area (Å²) in [7, 11) is -3.95. The normalized spacial score (nSPS) is 11.9. The largest absolute Gasteiger partial charge is 0.493 e. The number of aromatic nitrogens is 4. The van der Waals surface area contributed by atoms with Crippen molar-refractivity contribution in [2.24, 2.45) is 0 Å². The van der Waals surface area contributed by atoms with Crippen LogP contribution in [-0.4, -0.2) is 63.7 Å². The van der Waals surface area contributed by atoms with Gasteiger partial charge in [-0.15, -0.1) is 11.7 Å². The van der Waals surface area contributed by atoms with Gasteiger partial charge in [-0.1, -0.05) is 13.0 Å². The molecule has 3 rings (SSSR count). The first-order valence-corrected chi connectivity index (χ1v) is 12.2. The molecule has 0 fully saturated rings. The molecule has 0 amide bonds. The topological polar surface area (TPSA) is 130 Å². The molecule has 2 aromatic heterocycles. The van der Waals surface area contributed by atoms with Crippen LogP contribution in [0.25, 0.3) is 16.9 Å². The fraction of sp³-hybridized carbons (Fsp3) is 0.409. The number of hydrogen-bond donors (Lipinski definition) is 2. The summed E-state index contributed by atoms with van der Waals surface area (Å²) in [6, 6.07) is 4.38. The molecule has 0 aliphatic carbocycles. The zero-order chi connectivity index (χ0) is 24.2. The molecule has 0 aliphatic rings. The van der Waals surface area contributed by atoms with E-state index in [0.717, 1.165) is 10.7 Å². The molecule has 0 saturated heterocycles. The van der Waals surface area contributed by atoms with Crippen molar-refractivity contribution in [2.45, 2.75) is 38.5 Å². The van der Waals surface area contributed by atoms with Gasteiger partial charge in [0, 0.05) is 19.5 Å². The van der Waals surface area contributed by atoms with Gasteiger partial charge in [0.2, 0.25) is 10.0 Å². The molecule has 0 saturated carbocycles. The van der Waals surface area contributed by atoms with Crippen molar-refractivity contribution in [3.05, 3.63) is 52.7 Å². The molecule has 11 heteroatoms. The number of aromatic amines is 1. The van der Waals surface area contributed by atoms with Crippen molar-refractivity contribution >= 4 is 15.5 Å². The van der Waals surface area contributed by atoms with Crippen LogP contribution in [0.2, 0.25) is 0 Å². The van der Waals surface area contributed by atoms with Crippen LogP contribution in [0, 0.1) is 6.92 Å². The van der Waals surface area contributed by atoms with E-state index in [1.54, 1.807) is 13.8 Å². The smallest absolute Gasteiger partial charge is 0.277 e. The summed E-state index contributed by atoms with van der Waals surface area (Å²) < 4.78 is 34.7. The molecule has 2 N–H and O–H groups in total. The van der Waals surface area contributed by atoms with Gasteiger partial charge in [-0.25, -0.2) is 17.9 Å². The second kappa shape index (κ2) is 10.3. The van der Waals surface area contributed by atoms with Crippen molar-refractivity contribution in [1.29, 1.82) is 0 Å². The minimum atomic E-state index is -3.95. The molecule has 0 spiro atoms. The fourth-order valence-corrected chi connectivity index (χ4v) is 5.02. The second-order valence-electron chi connectivity index (χ2n) is 7.39. The Kier molecular flexibility index (Phi) is 7.67. The number of nitrogens with one attached hydrogen (secondary N) is 1. The number of H-pyrrole nitrogens is 1. The summed E-state index contributed by atoms with van der Waals surface area (Å²) in [4.78, 5) is 20.1. The van der Waals surface area contributed by atoms with E-state index in [2.05, 4.69) is 21.6 Å². The lowest BCUT2D eigenvalue weighted by molar-refractivity contribution is 0.260. The molecule has 0 bridgehead atoms. The van der Waals surface area contributed by atoms with Crippen LogP contribution in [0.1, 0.15) is 31.8 Å². The average molecular weight is 476 g/mol. The number of sulfonamides is 1. The van der Waals surface area contributed by atoms with Crippen molar-refractivity contribution in [3.8, 4) is 17.1 Å². The Balaban J connectivity index is 2.23. The van der Waals surface area contributed by atoms with E-state index in [-0.39, 0.29) is 36.0 Å². The zero-order valence-electron chi connectivity index (χ0n) is 19.0. The van der Waals surface area contributed by atoms with Gasteiger partial charge in [-0.3, -0.25) is 4.79 Å². The molecule has 1 aromatic carbocycles. The summed E-state index contributed by atoms with van der Waals surface area (Å²) in [5.74, 6) is 1.20. The monoisotopic (exact) mass is 475 g/mol. The number of benzene rings is 1. The number of imidazole rings is 1. The average Bonchev–Trinajstić information content (AvgIpc) is 3.10. The van der Waals surface area contributed by atoms with Crippen molar-refractivity contribution in [2.75, 3.05) is 26.3 Å². The minimum Gasteiger partial charge on any atom is -0.493 e. The molecule has 33 heavy (non-hydrogen) atoms. The second-order valence-corrected chi connectivity index (χ2v) is 9.33. The Bertz CT molecular complexity index is 1310. The summed E-state index contributed by atoms with van der Waals surface area (Å²) in [6.07, 6.45) is 2.91. The van der Waals surface area contributed by atoms with Gasteiger partial charge >= 0.3 is 0 Å². The minimum absolute atomic E-state index is 0.0189. The van der Waals surface area contributed by atoms with E-state index < -0.39 is 10.0 Å². The maximum absolute atomic E-state index is 13.2. The van der Waals surface area contributed by atoms with Crippen LogP contribution >= 0.6 is 0 Å². The third-order valence-electron chi connectivity index (χ3n) is 5.04. The lowest BCUT2D eigenvalue weighted by Gasteiger charge is -2.20. The number of aryl methyl sites for hydroxylation is 2. The highest BCUT2D eigenvalue weighted by Gasteiger charge is 2.25. The van der Waals surface area contributed by atoms with Crippen molar-refractivity contribution < 1.29 is 18.3 Å². The standard InChI is InChI=1S/C22H29N5O5S/c1-5-8-19-23-15(4)20-22(29)24-21(25-27(19)20)17-14-16(9-10-18(17)32-7-3)33(30,31)26(11-6-2)12-13-28/h6,9-10,14,28H,2,5,7-8,11-13H2,1,3-4H3,(H,24,25,29).